The van der Waals surface area contributed by atoms with Crippen molar-refractivity contribution >= 4 is 46.1 Å². The second-order valence-electron chi connectivity index (χ2n) is 9.08. The van der Waals surface area contributed by atoms with Crippen molar-refractivity contribution in [2.45, 2.75) is 71.9 Å². The van der Waals surface area contributed by atoms with Crippen LogP contribution in [0.4, 0.5) is 5.82 Å². The molecule has 3 heterocycles. The standard InChI is InChI=1S/C24H30N4O2S2/c1-4-27-21(26-11-7-8-15(2)14-26)18(16(3)19(13-25)22(27)29)12-20-23(30)28(24(31)32-20)17-9-5-6-10-17/h12,15,17H,4-11,14H2,1-3H3/b20-12+. The first kappa shape index (κ1) is 23.1. The van der Waals surface area contributed by atoms with Crippen molar-refractivity contribution in [2.24, 2.45) is 5.92 Å². The van der Waals surface area contributed by atoms with Crippen LogP contribution >= 0.6 is 24.0 Å². The van der Waals surface area contributed by atoms with Crippen LogP contribution < -0.4 is 10.5 Å². The number of nitrogens with zero attached hydrogens (tertiary/aromatic N) is 4. The van der Waals surface area contributed by atoms with Gasteiger partial charge >= 0.3 is 0 Å². The summed E-state index contributed by atoms with van der Waals surface area (Å²) in [7, 11) is 0. The quantitative estimate of drug-likeness (QED) is 0.479. The largest absolute Gasteiger partial charge is 0.357 e. The fourth-order valence-corrected chi connectivity index (χ4v) is 6.63. The van der Waals surface area contributed by atoms with Crippen LogP contribution in [0, 0.1) is 24.2 Å². The maximum atomic E-state index is 13.3. The van der Waals surface area contributed by atoms with Crippen molar-refractivity contribution in [3.8, 4) is 6.07 Å². The third-order valence-corrected chi connectivity index (χ3v) is 8.24. The van der Waals surface area contributed by atoms with Gasteiger partial charge < -0.3 is 4.90 Å². The number of amides is 1. The maximum absolute atomic E-state index is 13.3. The summed E-state index contributed by atoms with van der Waals surface area (Å²) >= 11 is 6.92. The van der Waals surface area contributed by atoms with E-state index in [2.05, 4.69) is 17.9 Å². The van der Waals surface area contributed by atoms with Crippen LogP contribution in [0.3, 0.4) is 0 Å². The minimum absolute atomic E-state index is 0.0444. The first-order valence-electron chi connectivity index (χ1n) is 11.6. The van der Waals surface area contributed by atoms with E-state index in [4.69, 9.17) is 12.2 Å². The Labute approximate surface area is 199 Å². The molecule has 170 valence electrons. The zero-order valence-corrected chi connectivity index (χ0v) is 20.7. The maximum Gasteiger partial charge on any atom is 0.270 e. The van der Waals surface area contributed by atoms with E-state index < -0.39 is 0 Å². The molecule has 0 N–H and O–H groups in total. The normalized spacial score (nSPS) is 23.4. The topological polar surface area (TPSA) is 69.3 Å². The van der Waals surface area contributed by atoms with Gasteiger partial charge in [-0.15, -0.1) is 0 Å². The van der Waals surface area contributed by atoms with Crippen LogP contribution in [0.5, 0.6) is 0 Å². The van der Waals surface area contributed by atoms with Gasteiger partial charge in [-0.2, -0.15) is 5.26 Å². The molecule has 0 spiro atoms. The molecular weight excluding hydrogens is 440 g/mol. The van der Waals surface area contributed by atoms with Crippen LogP contribution in [-0.4, -0.2) is 38.8 Å². The minimum atomic E-state index is -0.253. The number of carbonyl (C=O) groups excluding carboxylic acids is 1. The molecule has 8 heteroatoms. The van der Waals surface area contributed by atoms with E-state index in [1.54, 1.807) is 9.47 Å². The number of pyridine rings is 1. The van der Waals surface area contributed by atoms with E-state index >= 15 is 0 Å². The molecule has 0 aromatic carbocycles. The molecule has 1 unspecified atom stereocenters. The molecule has 1 atom stereocenters. The Balaban J connectivity index is 1.86. The fourth-order valence-electron chi connectivity index (χ4n) is 5.25. The van der Waals surface area contributed by atoms with Gasteiger partial charge in [0.25, 0.3) is 11.5 Å². The number of hydrogen-bond acceptors (Lipinski definition) is 6. The lowest BCUT2D eigenvalue weighted by Gasteiger charge is -2.35. The van der Waals surface area contributed by atoms with Crippen LogP contribution in [0.2, 0.25) is 0 Å². The van der Waals surface area contributed by atoms with Crippen molar-refractivity contribution < 1.29 is 4.79 Å². The molecule has 1 amide bonds. The van der Waals surface area contributed by atoms with Crippen LogP contribution in [0.15, 0.2) is 9.70 Å². The summed E-state index contributed by atoms with van der Waals surface area (Å²) in [5, 5.41) is 9.73. The van der Waals surface area contributed by atoms with E-state index in [1.165, 1.54) is 11.8 Å². The zero-order chi connectivity index (χ0) is 23.0. The monoisotopic (exact) mass is 470 g/mol. The van der Waals surface area contributed by atoms with Crippen molar-refractivity contribution in [1.82, 2.24) is 9.47 Å². The molecule has 0 radical (unpaired) electrons. The third-order valence-electron chi connectivity index (χ3n) is 6.91. The molecule has 1 saturated carbocycles. The molecule has 32 heavy (non-hydrogen) atoms. The summed E-state index contributed by atoms with van der Waals surface area (Å²) in [5.41, 5.74) is 1.33. The molecule has 1 aromatic heterocycles. The average molecular weight is 471 g/mol. The van der Waals surface area contributed by atoms with Gasteiger partial charge in [0.1, 0.15) is 21.8 Å². The van der Waals surface area contributed by atoms with E-state index in [0.29, 0.717) is 27.3 Å². The third kappa shape index (κ3) is 4.01. The van der Waals surface area contributed by atoms with Gasteiger partial charge in [0.05, 0.1) is 4.91 Å². The Morgan fingerprint density at radius 3 is 2.56 bits per heavy atom. The van der Waals surface area contributed by atoms with Crippen LogP contribution in [-0.2, 0) is 11.3 Å². The lowest BCUT2D eigenvalue weighted by molar-refractivity contribution is -0.123. The highest BCUT2D eigenvalue weighted by atomic mass is 32.2. The molecule has 2 aliphatic heterocycles. The van der Waals surface area contributed by atoms with Gasteiger partial charge in [-0.3, -0.25) is 19.1 Å². The number of piperidine rings is 1. The van der Waals surface area contributed by atoms with Gasteiger partial charge in [0, 0.05) is 31.2 Å². The second-order valence-corrected chi connectivity index (χ2v) is 10.8. The van der Waals surface area contributed by atoms with Crippen LogP contribution in [0.25, 0.3) is 6.08 Å². The lowest BCUT2D eigenvalue weighted by Crippen LogP contribution is -2.40. The van der Waals surface area contributed by atoms with E-state index in [9.17, 15) is 14.9 Å². The fraction of sp³-hybridized carbons (Fsp3) is 0.583. The summed E-state index contributed by atoms with van der Waals surface area (Å²) < 4.78 is 2.32. The highest BCUT2D eigenvalue weighted by Gasteiger charge is 2.38. The van der Waals surface area contributed by atoms with Gasteiger partial charge in [0.15, 0.2) is 0 Å². The first-order valence-corrected chi connectivity index (χ1v) is 12.8. The molecule has 1 aromatic rings. The molecule has 2 saturated heterocycles. The number of hydrogen-bond donors (Lipinski definition) is 0. The van der Waals surface area contributed by atoms with Gasteiger partial charge in [0.2, 0.25) is 0 Å². The number of anilines is 1. The smallest absolute Gasteiger partial charge is 0.270 e. The molecular formula is C24H30N4O2S2. The van der Waals surface area contributed by atoms with E-state index in [-0.39, 0.29) is 23.1 Å². The lowest BCUT2D eigenvalue weighted by atomic mass is 9.98. The summed E-state index contributed by atoms with van der Waals surface area (Å²) in [6.07, 6.45) is 8.35. The Bertz CT molecular complexity index is 1080. The Hall–Kier alpha value is -2.11. The van der Waals surface area contributed by atoms with Crippen molar-refractivity contribution in [3.63, 3.8) is 0 Å². The molecule has 3 aliphatic rings. The summed E-state index contributed by atoms with van der Waals surface area (Å²) in [6, 6.07) is 2.30. The molecule has 1 aliphatic carbocycles. The van der Waals surface area contributed by atoms with Gasteiger partial charge in [-0.1, -0.05) is 43.7 Å². The SMILES string of the molecule is CCn1c(N2CCCC(C)C2)c(/C=C2/SC(=S)N(C3CCCC3)C2=O)c(C)c(C#N)c1=O. The van der Waals surface area contributed by atoms with Gasteiger partial charge in [-0.05, 0) is 57.1 Å². The average Bonchev–Trinajstić information content (AvgIpc) is 3.38. The minimum Gasteiger partial charge on any atom is -0.357 e. The number of carbonyl (C=O) groups is 1. The summed E-state index contributed by atoms with van der Waals surface area (Å²) in [4.78, 5) is 31.1. The number of aromatic nitrogens is 1. The molecule has 6 nitrogen and oxygen atoms in total. The van der Waals surface area contributed by atoms with Gasteiger partial charge in [-0.25, -0.2) is 0 Å². The van der Waals surface area contributed by atoms with E-state index in [1.807, 2.05) is 19.9 Å². The molecule has 3 fully saturated rings. The van der Waals surface area contributed by atoms with Crippen LogP contribution in [0.1, 0.15) is 69.1 Å². The number of nitriles is 1. The van der Waals surface area contributed by atoms with Crippen molar-refractivity contribution in [2.75, 3.05) is 18.0 Å². The van der Waals surface area contributed by atoms with Crippen molar-refractivity contribution in [3.05, 3.63) is 31.9 Å². The summed E-state index contributed by atoms with van der Waals surface area (Å²) in [6.45, 7) is 8.16. The Kier molecular flexibility index (Phi) is 6.78. The highest BCUT2D eigenvalue weighted by molar-refractivity contribution is 8.26. The molecule has 0 bridgehead atoms. The Morgan fingerprint density at radius 2 is 1.94 bits per heavy atom. The number of thiocarbonyl (C=S) groups is 1. The highest BCUT2D eigenvalue weighted by Crippen LogP contribution is 2.39. The van der Waals surface area contributed by atoms with Crippen molar-refractivity contribution in [1.29, 1.82) is 5.26 Å². The summed E-state index contributed by atoms with van der Waals surface area (Å²) in [5.74, 6) is 1.30. The second kappa shape index (κ2) is 9.40. The predicted molar refractivity (Wildman–Crippen MR) is 134 cm³/mol. The Morgan fingerprint density at radius 1 is 1.22 bits per heavy atom. The van der Waals surface area contributed by atoms with E-state index in [0.717, 1.165) is 63.0 Å². The molecule has 4 rings (SSSR count). The predicted octanol–water partition coefficient (Wildman–Crippen LogP) is 4.43. The zero-order valence-electron chi connectivity index (χ0n) is 19.0. The number of rotatable bonds is 4. The number of thioether (sulfide) groups is 1. The first-order chi connectivity index (χ1) is 15.4.